The molecule has 0 spiro atoms. The number of aliphatic hydroxyl groups is 1. The molecule has 5 aliphatic rings. The summed E-state index contributed by atoms with van der Waals surface area (Å²) >= 11 is 0. The average molecular weight is 567 g/mol. The lowest BCUT2D eigenvalue weighted by Gasteiger charge is -2.53. The molecular formula is C30H38N4O7. The number of hydrogen-bond acceptors (Lipinski definition) is 10. The quantitative estimate of drug-likeness (QED) is 0.364. The van der Waals surface area contributed by atoms with Crippen LogP contribution in [0, 0.1) is 35.0 Å². The molecule has 11 nitrogen and oxygen atoms in total. The molecule has 220 valence electrons. The van der Waals surface area contributed by atoms with Gasteiger partial charge in [0.25, 0.3) is 0 Å². The predicted molar refractivity (Wildman–Crippen MR) is 147 cm³/mol. The van der Waals surface area contributed by atoms with Crippen LogP contribution in [0.2, 0.25) is 0 Å². The molecule has 6 rings (SSSR count). The van der Waals surface area contributed by atoms with E-state index in [1.54, 1.807) is 27.3 Å². The largest absolute Gasteiger partial charge is 0.507 e. The molecule has 7 atom stereocenters. The summed E-state index contributed by atoms with van der Waals surface area (Å²) in [5.41, 5.74) is 3.55. The predicted octanol–water partition coefficient (Wildman–Crippen LogP) is 0.873. The Bertz CT molecular complexity index is 1370. The summed E-state index contributed by atoms with van der Waals surface area (Å²) in [6, 6.07) is 0.584. The molecule has 11 heteroatoms. The van der Waals surface area contributed by atoms with Gasteiger partial charge in [0.15, 0.2) is 23.0 Å². The smallest absolute Gasteiger partial charge is 0.233 e. The van der Waals surface area contributed by atoms with Gasteiger partial charge in [0, 0.05) is 29.6 Å². The second-order valence-corrected chi connectivity index (χ2v) is 12.8. The van der Waals surface area contributed by atoms with Gasteiger partial charge in [0.05, 0.1) is 30.3 Å². The molecule has 41 heavy (non-hydrogen) atoms. The van der Waals surface area contributed by atoms with Crippen LogP contribution in [-0.4, -0.2) is 94.9 Å². The molecule has 7 unspecified atom stereocenters. The fraction of sp³-hybridized carbons (Fsp3) is 0.633. The standard InChI is InChI=1S/C30H38N4O7/c1-33(2)23-17-10-14-9-16-21(24(36)20(14)28(38)30(17,40)27(31)22(25(23)37)29(32)39)19(35)11-15(26(16)41-3)18-5-4-8-34(18)12-13-6-7-13/h11,13-14,17-18,20,22-23,31,35,40H,4-10,12H2,1-3H3,(H2,32,39). The highest BCUT2D eigenvalue weighted by atomic mass is 16.5. The van der Waals surface area contributed by atoms with Crippen LogP contribution in [0.15, 0.2) is 6.07 Å². The lowest BCUT2D eigenvalue weighted by atomic mass is 9.52. The topological polar surface area (TPSA) is 174 Å². The molecule has 1 aromatic carbocycles. The molecule has 0 radical (unpaired) electrons. The number of fused-ring (bicyclic) bond motifs is 3. The van der Waals surface area contributed by atoms with Crippen molar-refractivity contribution < 1.29 is 34.1 Å². The first-order chi connectivity index (χ1) is 19.4. The van der Waals surface area contributed by atoms with Crippen molar-refractivity contribution in [1.82, 2.24) is 9.80 Å². The lowest BCUT2D eigenvalue weighted by Crippen LogP contribution is -2.73. The minimum atomic E-state index is -2.51. The number of methoxy groups -OCH3 is 1. The number of aromatic hydroxyl groups is 1. The van der Waals surface area contributed by atoms with Gasteiger partial charge in [-0.1, -0.05) is 0 Å². The molecule has 1 aliphatic heterocycles. The van der Waals surface area contributed by atoms with E-state index >= 15 is 0 Å². The maximum Gasteiger partial charge on any atom is 0.233 e. The molecule has 4 fully saturated rings. The first-order valence-electron chi connectivity index (χ1n) is 14.5. The van der Waals surface area contributed by atoms with E-state index in [2.05, 4.69) is 4.90 Å². The number of Topliss-reactive ketones (excluding diaryl/α,β-unsaturated/α-hetero) is 3. The van der Waals surface area contributed by atoms with Crippen LogP contribution in [0.4, 0.5) is 0 Å². The van der Waals surface area contributed by atoms with Gasteiger partial charge in [-0.2, -0.15) is 0 Å². The van der Waals surface area contributed by atoms with E-state index in [0.717, 1.165) is 31.5 Å². The summed E-state index contributed by atoms with van der Waals surface area (Å²) in [6.07, 6.45) is 4.70. The third kappa shape index (κ3) is 3.99. The van der Waals surface area contributed by atoms with E-state index in [1.165, 1.54) is 17.7 Å². The van der Waals surface area contributed by atoms with Crippen molar-refractivity contribution in [3.63, 3.8) is 0 Å². The van der Waals surface area contributed by atoms with Gasteiger partial charge < -0.3 is 26.1 Å². The molecule has 1 heterocycles. The number of hydrogen-bond donors (Lipinski definition) is 4. The summed E-state index contributed by atoms with van der Waals surface area (Å²) < 4.78 is 5.92. The number of phenolic OH excluding ortho intramolecular Hbond substituents is 1. The van der Waals surface area contributed by atoms with Crippen molar-refractivity contribution in [3.8, 4) is 11.5 Å². The molecule has 1 amide bonds. The van der Waals surface area contributed by atoms with E-state index in [1.807, 2.05) is 0 Å². The Kier molecular flexibility index (Phi) is 6.63. The third-order valence-electron chi connectivity index (χ3n) is 10.2. The van der Waals surface area contributed by atoms with Crippen LogP contribution >= 0.6 is 0 Å². The molecular weight excluding hydrogens is 528 g/mol. The number of amides is 1. The van der Waals surface area contributed by atoms with E-state index < -0.39 is 64.3 Å². The normalized spacial score (nSPS) is 35.3. The number of carbonyl (C=O) groups excluding carboxylic acids is 4. The Morgan fingerprint density at radius 2 is 1.95 bits per heavy atom. The molecule has 0 bridgehead atoms. The van der Waals surface area contributed by atoms with Gasteiger partial charge in [-0.25, -0.2) is 0 Å². The second kappa shape index (κ2) is 9.71. The Morgan fingerprint density at radius 3 is 2.56 bits per heavy atom. The second-order valence-electron chi connectivity index (χ2n) is 12.8. The number of likely N-dealkylation sites (tertiary alicyclic amines) is 1. The summed E-state index contributed by atoms with van der Waals surface area (Å²) in [7, 11) is 4.76. The van der Waals surface area contributed by atoms with Crippen molar-refractivity contribution >= 4 is 29.0 Å². The van der Waals surface area contributed by atoms with Gasteiger partial charge in [-0.3, -0.25) is 29.0 Å². The van der Waals surface area contributed by atoms with Gasteiger partial charge >= 0.3 is 0 Å². The van der Waals surface area contributed by atoms with Crippen LogP contribution in [0.5, 0.6) is 11.5 Å². The highest BCUT2D eigenvalue weighted by Crippen LogP contribution is 2.53. The minimum Gasteiger partial charge on any atom is -0.507 e. The zero-order valence-corrected chi connectivity index (χ0v) is 23.7. The number of nitrogens with two attached hydrogens (primary N) is 1. The summed E-state index contributed by atoms with van der Waals surface area (Å²) in [4.78, 5) is 57.6. The number of nitrogens with one attached hydrogen (secondary N) is 1. The average Bonchev–Trinajstić information content (AvgIpc) is 3.60. The van der Waals surface area contributed by atoms with E-state index in [9.17, 15) is 29.4 Å². The number of ether oxygens (including phenoxy) is 1. The number of ketones is 3. The van der Waals surface area contributed by atoms with E-state index in [-0.39, 0.29) is 30.2 Å². The third-order valence-corrected chi connectivity index (χ3v) is 10.2. The Morgan fingerprint density at radius 1 is 1.24 bits per heavy atom. The Labute approximate surface area is 238 Å². The van der Waals surface area contributed by atoms with Crippen molar-refractivity contribution in [3.05, 3.63) is 22.8 Å². The summed E-state index contributed by atoms with van der Waals surface area (Å²) in [6.45, 7) is 1.95. The summed E-state index contributed by atoms with van der Waals surface area (Å²) in [5, 5.41) is 31.7. The maximum atomic E-state index is 14.1. The Balaban J connectivity index is 1.43. The monoisotopic (exact) mass is 566 g/mol. The number of likely N-dealkylation sites (N-methyl/N-ethyl adjacent to an activating group) is 1. The molecule has 4 aliphatic carbocycles. The molecule has 0 aromatic heterocycles. The molecule has 1 saturated heterocycles. The Hall–Kier alpha value is -3.15. The first kappa shape index (κ1) is 28.0. The van der Waals surface area contributed by atoms with Gasteiger partial charge in [0.1, 0.15) is 17.4 Å². The minimum absolute atomic E-state index is 0.00279. The van der Waals surface area contributed by atoms with Crippen molar-refractivity contribution in [2.75, 3.05) is 34.3 Å². The number of carbonyl (C=O) groups is 4. The number of benzene rings is 1. The van der Waals surface area contributed by atoms with Gasteiger partial charge in [-0.15, -0.1) is 0 Å². The molecule has 5 N–H and O–H groups in total. The van der Waals surface area contributed by atoms with Crippen molar-refractivity contribution in [2.24, 2.45) is 35.3 Å². The number of nitrogens with zero attached hydrogens (tertiary/aromatic N) is 2. The van der Waals surface area contributed by atoms with Crippen LogP contribution < -0.4 is 10.5 Å². The van der Waals surface area contributed by atoms with Crippen molar-refractivity contribution in [1.29, 1.82) is 5.41 Å². The van der Waals surface area contributed by atoms with Gasteiger partial charge in [-0.05, 0) is 77.1 Å². The highest BCUT2D eigenvalue weighted by molar-refractivity contribution is 6.33. The van der Waals surface area contributed by atoms with Crippen LogP contribution in [0.1, 0.15) is 59.6 Å². The molecule has 3 saturated carbocycles. The van der Waals surface area contributed by atoms with E-state index in [4.69, 9.17) is 15.9 Å². The maximum absolute atomic E-state index is 14.1. The fourth-order valence-electron chi connectivity index (χ4n) is 8.25. The van der Waals surface area contributed by atoms with E-state index in [0.29, 0.717) is 17.2 Å². The van der Waals surface area contributed by atoms with Gasteiger partial charge in [0.2, 0.25) is 5.91 Å². The summed E-state index contributed by atoms with van der Waals surface area (Å²) in [5.74, 6) is -7.04. The fourth-order valence-corrected chi connectivity index (χ4v) is 8.25. The van der Waals surface area contributed by atoms with Crippen LogP contribution in [0.25, 0.3) is 0 Å². The lowest BCUT2D eigenvalue weighted by molar-refractivity contribution is -0.157. The number of rotatable bonds is 6. The zero-order chi connectivity index (χ0) is 29.5. The first-order valence-corrected chi connectivity index (χ1v) is 14.5. The number of primary amides is 1. The molecule has 1 aromatic rings. The van der Waals surface area contributed by atoms with Crippen molar-refractivity contribution in [2.45, 2.75) is 56.2 Å². The highest BCUT2D eigenvalue weighted by Gasteiger charge is 2.67. The van der Waals surface area contributed by atoms with Crippen LogP contribution in [0.3, 0.4) is 0 Å². The SMILES string of the molecule is COc1c(C2CCCN2CC2CC2)cc(O)c2c1CC1CC3C(N(C)C)C(=O)C(C(N)=O)C(=N)C3(O)C(=O)C1C2=O. The number of phenols is 1. The van der Waals surface area contributed by atoms with Crippen LogP contribution in [-0.2, 0) is 20.8 Å². The zero-order valence-electron chi connectivity index (χ0n) is 23.7.